The first-order valence-electron chi connectivity index (χ1n) is 16.8. The van der Waals surface area contributed by atoms with Crippen molar-refractivity contribution < 1.29 is 34.8 Å². The third kappa shape index (κ3) is 4.02. The number of aliphatic hydroxyl groups excluding tert-OH is 1. The number of rotatable bonds is 4. The summed E-state index contributed by atoms with van der Waals surface area (Å²) in [5.74, 6) is -0.529. The molecule has 4 fully saturated rings. The predicted molar refractivity (Wildman–Crippen MR) is 167 cm³/mol. The number of hydrogen-bond donors (Lipinski definition) is 4. The average molecular weight is 609 g/mol. The van der Waals surface area contributed by atoms with Gasteiger partial charge in [0, 0.05) is 5.41 Å². The third-order valence-corrected chi connectivity index (χ3v) is 14.5. The van der Waals surface area contributed by atoms with Gasteiger partial charge in [0.2, 0.25) is 0 Å². The van der Waals surface area contributed by atoms with E-state index in [0.717, 1.165) is 44.9 Å². The Morgan fingerprint density at radius 3 is 2.27 bits per heavy atom. The summed E-state index contributed by atoms with van der Waals surface area (Å²) in [6.45, 7) is 16.0. The van der Waals surface area contributed by atoms with E-state index in [9.17, 15) is 30.0 Å². The first-order valence-corrected chi connectivity index (χ1v) is 16.8. The number of carboxylic acid groups (broad SMARTS) is 1. The Labute approximate surface area is 262 Å². The van der Waals surface area contributed by atoms with Gasteiger partial charge in [-0.05, 0) is 115 Å². The zero-order chi connectivity index (χ0) is 32.2. The van der Waals surface area contributed by atoms with Crippen molar-refractivity contribution >= 4 is 11.9 Å². The molecule has 7 heteroatoms. The summed E-state index contributed by atoms with van der Waals surface area (Å²) in [6.07, 6.45) is 7.60. The van der Waals surface area contributed by atoms with Crippen molar-refractivity contribution in [1.82, 2.24) is 0 Å². The summed E-state index contributed by atoms with van der Waals surface area (Å²) in [6, 6.07) is 3.87. The molecule has 7 nitrogen and oxygen atoms in total. The van der Waals surface area contributed by atoms with Gasteiger partial charge in [-0.3, -0.25) is 4.79 Å². The zero-order valence-electron chi connectivity index (χ0n) is 27.5. The standard InChI is InChI=1S/C37H52O7/c1-20(2)22-12-15-37(32(42)43)17-16-35(6)23(29(22)37)9-11-28-34(5)19-26(40)30(33(3,4)27(34)13-14-36(28,35)7)44-31(41)21-8-10-24(38)25(39)18-21/h8-10,18,20,22,26-30,38-40H,11-17,19H2,1-7H3,(H,42,43)/t22-,26+,27-,28+,29+,30-,34-,35+,36+,37-/m0/s1. The number of phenolic OH excluding ortho intramolecular Hbond substituents is 2. The maximum atomic E-state index is 13.2. The van der Waals surface area contributed by atoms with E-state index < -0.39 is 35.0 Å². The summed E-state index contributed by atoms with van der Waals surface area (Å²) in [4.78, 5) is 26.1. The van der Waals surface area contributed by atoms with Crippen LogP contribution in [0.4, 0.5) is 0 Å². The highest BCUT2D eigenvalue weighted by molar-refractivity contribution is 5.90. The second-order valence-corrected chi connectivity index (χ2v) is 16.8. The van der Waals surface area contributed by atoms with Crippen LogP contribution in [0.1, 0.15) is 110 Å². The lowest BCUT2D eigenvalue weighted by atomic mass is 9.34. The van der Waals surface area contributed by atoms with E-state index in [4.69, 9.17) is 4.74 Å². The lowest BCUT2D eigenvalue weighted by molar-refractivity contribution is -0.230. The molecule has 0 unspecified atom stereocenters. The van der Waals surface area contributed by atoms with Crippen LogP contribution in [0.25, 0.3) is 0 Å². The number of carboxylic acids is 1. The number of carbonyl (C=O) groups excluding carboxylic acids is 1. The average Bonchev–Trinajstić information content (AvgIpc) is 3.34. The Hall–Kier alpha value is -2.54. The summed E-state index contributed by atoms with van der Waals surface area (Å²) >= 11 is 0. The summed E-state index contributed by atoms with van der Waals surface area (Å²) < 4.78 is 6.03. The van der Waals surface area contributed by atoms with Gasteiger partial charge in [-0.2, -0.15) is 0 Å². The minimum Gasteiger partial charge on any atom is -0.504 e. The fourth-order valence-corrected chi connectivity index (χ4v) is 12.1. The number of aromatic hydroxyl groups is 2. The first-order chi connectivity index (χ1) is 20.4. The van der Waals surface area contributed by atoms with Gasteiger partial charge in [-0.25, -0.2) is 4.79 Å². The Bertz CT molecular complexity index is 1400. The molecule has 0 aliphatic heterocycles. The maximum absolute atomic E-state index is 13.2. The van der Waals surface area contributed by atoms with Crippen molar-refractivity contribution in [1.29, 1.82) is 0 Å². The molecule has 44 heavy (non-hydrogen) atoms. The van der Waals surface area contributed by atoms with Gasteiger partial charge in [0.05, 0.1) is 17.1 Å². The smallest absolute Gasteiger partial charge is 0.338 e. The number of fused-ring (bicyclic) bond motifs is 7. The highest BCUT2D eigenvalue weighted by Gasteiger charge is 2.71. The van der Waals surface area contributed by atoms with Crippen LogP contribution in [-0.4, -0.2) is 44.6 Å². The lowest BCUT2D eigenvalue weighted by Crippen LogP contribution is -2.67. The molecule has 1 aromatic carbocycles. The number of benzene rings is 1. The van der Waals surface area contributed by atoms with E-state index in [2.05, 4.69) is 54.5 Å². The molecule has 10 atom stereocenters. The monoisotopic (exact) mass is 608 g/mol. The van der Waals surface area contributed by atoms with Crippen LogP contribution in [-0.2, 0) is 9.53 Å². The molecule has 4 saturated carbocycles. The molecule has 1 aromatic rings. The van der Waals surface area contributed by atoms with Gasteiger partial charge in [-0.15, -0.1) is 0 Å². The second-order valence-electron chi connectivity index (χ2n) is 16.8. The highest BCUT2D eigenvalue weighted by atomic mass is 16.6. The van der Waals surface area contributed by atoms with Crippen LogP contribution in [0, 0.1) is 56.7 Å². The zero-order valence-corrected chi connectivity index (χ0v) is 27.5. The molecule has 242 valence electrons. The summed E-state index contributed by atoms with van der Waals surface area (Å²) in [5, 5.41) is 42.0. The predicted octanol–water partition coefficient (Wildman–Crippen LogP) is 7.34. The molecule has 0 bridgehead atoms. The minimum absolute atomic E-state index is 0.0417. The number of hydrogen-bond acceptors (Lipinski definition) is 6. The van der Waals surface area contributed by atoms with E-state index in [1.807, 2.05) is 0 Å². The Kier molecular flexibility index (Phi) is 7.13. The number of allylic oxidation sites excluding steroid dienone is 2. The van der Waals surface area contributed by atoms with Crippen molar-refractivity contribution in [2.24, 2.45) is 56.7 Å². The van der Waals surface area contributed by atoms with Gasteiger partial charge in [0.15, 0.2) is 11.5 Å². The topological polar surface area (TPSA) is 124 Å². The van der Waals surface area contributed by atoms with Crippen LogP contribution in [0.5, 0.6) is 11.5 Å². The fourth-order valence-electron chi connectivity index (χ4n) is 12.1. The molecule has 0 amide bonds. The second kappa shape index (κ2) is 9.98. The molecule has 0 saturated heterocycles. The van der Waals surface area contributed by atoms with Gasteiger partial charge in [-0.1, -0.05) is 60.1 Å². The fraction of sp³-hybridized carbons (Fsp3) is 0.730. The largest absolute Gasteiger partial charge is 0.504 e. The van der Waals surface area contributed by atoms with Gasteiger partial charge < -0.3 is 25.2 Å². The quantitative estimate of drug-likeness (QED) is 0.160. The molecule has 5 aliphatic rings. The van der Waals surface area contributed by atoms with Gasteiger partial charge in [0.1, 0.15) is 6.10 Å². The lowest BCUT2D eigenvalue weighted by Gasteiger charge is -2.71. The van der Waals surface area contributed by atoms with Crippen molar-refractivity contribution in [3.63, 3.8) is 0 Å². The summed E-state index contributed by atoms with van der Waals surface area (Å²) in [7, 11) is 0. The van der Waals surface area contributed by atoms with E-state index >= 15 is 0 Å². The van der Waals surface area contributed by atoms with Gasteiger partial charge >= 0.3 is 11.9 Å². The van der Waals surface area contributed by atoms with Crippen molar-refractivity contribution in [2.45, 2.75) is 112 Å². The molecule has 0 aromatic heterocycles. The SMILES string of the molecule is CC(C)[C@@H]1CC[C@]2(C(=O)O)CC[C@]3(C)C(=CC[C@@H]4[C@@]5(C)C[C@@H](O)[C@H](OC(=O)c6ccc(O)c(O)c6)C(C)(C)[C@@H]5CC[C@]43C)[C@@H]12. The van der Waals surface area contributed by atoms with E-state index in [1.165, 1.54) is 23.8 Å². The summed E-state index contributed by atoms with van der Waals surface area (Å²) in [5.41, 5.74) is 0.0278. The normalized spacial score (nSPS) is 44.1. The maximum Gasteiger partial charge on any atom is 0.338 e. The number of aliphatic carboxylic acids is 1. The number of esters is 1. The molecular weight excluding hydrogens is 556 g/mol. The van der Waals surface area contributed by atoms with E-state index in [-0.39, 0.29) is 45.1 Å². The number of ether oxygens (including phenoxy) is 1. The van der Waals surface area contributed by atoms with E-state index in [0.29, 0.717) is 24.2 Å². The molecular formula is C37H52O7. The molecule has 5 aliphatic carbocycles. The van der Waals surface area contributed by atoms with Crippen molar-refractivity contribution in [3.8, 4) is 11.5 Å². The molecule has 6 rings (SSSR count). The van der Waals surface area contributed by atoms with Crippen molar-refractivity contribution in [2.75, 3.05) is 0 Å². The Morgan fingerprint density at radius 1 is 0.932 bits per heavy atom. The molecule has 4 N–H and O–H groups in total. The Balaban J connectivity index is 1.34. The van der Waals surface area contributed by atoms with Crippen LogP contribution in [0.2, 0.25) is 0 Å². The first kappa shape index (κ1) is 31.4. The van der Waals surface area contributed by atoms with Crippen LogP contribution < -0.4 is 0 Å². The van der Waals surface area contributed by atoms with Crippen LogP contribution in [0.15, 0.2) is 29.8 Å². The van der Waals surface area contributed by atoms with Crippen LogP contribution in [0.3, 0.4) is 0 Å². The van der Waals surface area contributed by atoms with Gasteiger partial charge in [0.25, 0.3) is 0 Å². The Morgan fingerprint density at radius 2 is 1.64 bits per heavy atom. The number of phenols is 2. The van der Waals surface area contributed by atoms with Crippen molar-refractivity contribution in [3.05, 3.63) is 35.4 Å². The number of aliphatic hydroxyl groups is 1. The molecule has 0 radical (unpaired) electrons. The number of carbonyl (C=O) groups is 2. The van der Waals surface area contributed by atoms with Crippen LogP contribution >= 0.6 is 0 Å². The van der Waals surface area contributed by atoms with E-state index in [1.54, 1.807) is 0 Å². The minimum atomic E-state index is -0.854. The highest BCUT2D eigenvalue weighted by Crippen LogP contribution is 2.76. The molecule has 0 spiro atoms. The molecule has 0 heterocycles. The third-order valence-electron chi connectivity index (χ3n) is 14.5.